The number of aliphatic hydroxyl groups excluding tert-OH is 1. The number of carboxylic acids is 1. The summed E-state index contributed by atoms with van der Waals surface area (Å²) in [7, 11) is 7.68. The fourth-order valence-electron chi connectivity index (χ4n) is 5.48. The molecule has 13 nitrogen and oxygen atoms in total. The first-order valence-electron chi connectivity index (χ1n) is 17.9. The van der Waals surface area contributed by atoms with Gasteiger partial charge in [0.1, 0.15) is 4.70 Å². The molecule has 5 aromatic rings. The molecule has 16 heteroatoms. The van der Waals surface area contributed by atoms with Crippen molar-refractivity contribution < 1.29 is 24.1 Å². The van der Waals surface area contributed by atoms with Crippen molar-refractivity contribution in [1.82, 2.24) is 35.3 Å². The Morgan fingerprint density at radius 1 is 1.11 bits per heavy atom. The standard InChI is InChI=1S/C39H46FN9O4S2/c1-26-23-34(45-46-36(26)44-38-42-30-13-6-7-14-32(30)54-38)49(20-9-12-28(50)25-48(5)21-18-41-2)39-43-35(37(51)52)33(55-39)15-10-22-53-31-17-16-27(24-29(31)40)11-8-19-47(3)4/h6,13,16-17,23-24,28,41,50H,9-10,12,15,18-22,25H2,1-5H3,(H,51,52)(H,42,44,46). The molecule has 0 spiro atoms. The minimum absolute atomic E-state index is 0.0594. The van der Waals surface area contributed by atoms with Crippen molar-refractivity contribution in [1.29, 1.82) is 0 Å². The second-order valence-corrected chi connectivity index (χ2v) is 15.3. The predicted octanol–water partition coefficient (Wildman–Crippen LogP) is 5.39. The number of aromatic carboxylic acids is 1. The Balaban J connectivity index is 1.30. The molecule has 0 saturated carbocycles. The molecule has 0 radical (unpaired) electrons. The molecule has 1 atom stereocenters. The monoisotopic (exact) mass is 787 g/mol. The van der Waals surface area contributed by atoms with Crippen molar-refractivity contribution in [3.8, 4) is 17.6 Å². The Bertz CT molecular complexity index is 2070. The van der Waals surface area contributed by atoms with Crippen molar-refractivity contribution in [2.24, 2.45) is 0 Å². The van der Waals surface area contributed by atoms with Crippen LogP contribution in [0.25, 0.3) is 10.2 Å². The number of anilines is 4. The number of thiazole rings is 2. The molecule has 0 aliphatic heterocycles. The van der Waals surface area contributed by atoms with Crippen LogP contribution in [0.1, 0.15) is 45.8 Å². The van der Waals surface area contributed by atoms with Crippen molar-refractivity contribution in [2.45, 2.75) is 38.7 Å². The van der Waals surface area contributed by atoms with E-state index in [1.807, 2.05) is 57.0 Å². The second-order valence-electron chi connectivity index (χ2n) is 13.2. The predicted molar refractivity (Wildman–Crippen MR) is 216 cm³/mol. The molecule has 0 amide bonds. The number of ether oxygens (including phenoxy) is 1. The van der Waals surface area contributed by atoms with Gasteiger partial charge in [-0.2, -0.15) is 0 Å². The lowest BCUT2D eigenvalue weighted by Gasteiger charge is -2.23. The van der Waals surface area contributed by atoms with Gasteiger partial charge < -0.3 is 35.4 Å². The van der Waals surface area contributed by atoms with Crippen molar-refractivity contribution in [2.75, 3.05) is 77.7 Å². The number of fused-ring (bicyclic) bond motifs is 1. The lowest BCUT2D eigenvalue weighted by atomic mass is 10.2. The van der Waals surface area contributed by atoms with Crippen LogP contribution in [0.2, 0.25) is 0 Å². The lowest BCUT2D eigenvalue weighted by molar-refractivity contribution is 0.0690. The first-order valence-corrected chi connectivity index (χ1v) is 19.5. The second kappa shape index (κ2) is 20.1. The van der Waals surface area contributed by atoms with E-state index in [1.54, 1.807) is 18.2 Å². The highest BCUT2D eigenvalue weighted by Crippen LogP contribution is 2.34. The highest BCUT2D eigenvalue weighted by Gasteiger charge is 2.24. The van der Waals surface area contributed by atoms with Crippen LogP contribution in [-0.2, 0) is 6.42 Å². The largest absolute Gasteiger partial charge is 0.491 e. The highest BCUT2D eigenvalue weighted by molar-refractivity contribution is 7.22. The van der Waals surface area contributed by atoms with E-state index in [4.69, 9.17) is 4.74 Å². The zero-order chi connectivity index (χ0) is 39.3. The summed E-state index contributed by atoms with van der Waals surface area (Å²) < 4.78 is 21.3. The molecule has 3 heterocycles. The number of likely N-dealkylation sites (N-methyl/N-ethyl adjacent to an activating group) is 2. The Labute approximate surface area is 329 Å². The molecule has 5 rings (SSSR count). The first kappa shape index (κ1) is 41.2. The summed E-state index contributed by atoms with van der Waals surface area (Å²) >= 11 is 2.69. The minimum Gasteiger partial charge on any atom is -0.491 e. The number of aryl methyl sites for hydroxylation is 2. The average Bonchev–Trinajstić information content (AvgIpc) is 3.76. The smallest absolute Gasteiger partial charge is 0.355 e. The molecule has 0 fully saturated rings. The van der Waals surface area contributed by atoms with E-state index in [0.717, 1.165) is 28.9 Å². The zero-order valence-electron chi connectivity index (χ0n) is 31.6. The number of nitrogens with zero attached hydrogens (tertiary/aromatic N) is 7. The van der Waals surface area contributed by atoms with E-state index in [0.29, 0.717) is 77.7 Å². The molecular weight excluding hydrogens is 742 g/mol. The molecule has 290 valence electrons. The Hall–Kier alpha value is -4.94. The van der Waals surface area contributed by atoms with Gasteiger partial charge in [-0.15, -0.1) is 21.5 Å². The Morgan fingerprint density at radius 2 is 1.95 bits per heavy atom. The van der Waals surface area contributed by atoms with Gasteiger partial charge >= 0.3 is 5.97 Å². The first-order chi connectivity index (χ1) is 26.5. The minimum atomic E-state index is -1.15. The van der Waals surface area contributed by atoms with E-state index >= 15 is 0 Å². The summed E-state index contributed by atoms with van der Waals surface area (Å²) in [5.41, 5.74) is 2.10. The summed E-state index contributed by atoms with van der Waals surface area (Å²) in [6.07, 6.45) is 1.33. The van der Waals surface area contributed by atoms with Crippen LogP contribution < -0.4 is 20.3 Å². The Kier molecular flexibility index (Phi) is 15.1. The van der Waals surface area contributed by atoms with Gasteiger partial charge in [-0.05, 0) is 109 Å². The number of hydrogen-bond acceptors (Lipinski definition) is 14. The molecule has 55 heavy (non-hydrogen) atoms. The zero-order valence-corrected chi connectivity index (χ0v) is 33.3. The summed E-state index contributed by atoms with van der Waals surface area (Å²) in [5, 5.41) is 37.4. The number of nitrogens with one attached hydrogen (secondary N) is 2. The van der Waals surface area contributed by atoms with Gasteiger partial charge in [0, 0.05) is 36.6 Å². The van der Waals surface area contributed by atoms with Gasteiger partial charge in [-0.1, -0.05) is 29.2 Å². The number of hydrogen-bond donors (Lipinski definition) is 4. The number of rotatable bonds is 20. The van der Waals surface area contributed by atoms with Crippen LogP contribution in [0.4, 0.5) is 26.3 Å². The summed E-state index contributed by atoms with van der Waals surface area (Å²) in [6, 6.07) is 16.1. The van der Waals surface area contributed by atoms with Crippen LogP contribution in [-0.4, -0.2) is 120 Å². The van der Waals surface area contributed by atoms with Gasteiger partial charge in [0.05, 0.1) is 24.8 Å². The maximum absolute atomic E-state index is 14.7. The van der Waals surface area contributed by atoms with E-state index in [2.05, 4.69) is 59.7 Å². The van der Waals surface area contributed by atoms with Crippen LogP contribution in [0.3, 0.4) is 0 Å². The third kappa shape index (κ3) is 12.0. The van der Waals surface area contributed by atoms with E-state index in [-0.39, 0.29) is 18.1 Å². The topological polar surface area (TPSA) is 152 Å². The molecule has 0 aliphatic rings. The molecule has 3 aromatic heterocycles. The number of aliphatic hydroxyl groups is 1. The summed E-state index contributed by atoms with van der Waals surface area (Å²) in [5.74, 6) is 5.39. The van der Waals surface area contributed by atoms with Crippen molar-refractivity contribution in [3.63, 3.8) is 0 Å². The maximum Gasteiger partial charge on any atom is 0.355 e. The van der Waals surface area contributed by atoms with Crippen molar-refractivity contribution >= 4 is 60.8 Å². The van der Waals surface area contributed by atoms with Gasteiger partial charge in [0.2, 0.25) is 0 Å². The normalized spacial score (nSPS) is 11.7. The highest BCUT2D eigenvalue weighted by atomic mass is 32.1. The van der Waals surface area contributed by atoms with Gasteiger partial charge in [0.25, 0.3) is 0 Å². The Morgan fingerprint density at radius 3 is 2.67 bits per heavy atom. The van der Waals surface area contributed by atoms with Crippen LogP contribution >= 0.6 is 22.7 Å². The van der Waals surface area contributed by atoms with Crippen LogP contribution in [0, 0.1) is 36.7 Å². The van der Waals surface area contributed by atoms with Gasteiger partial charge in [-0.25, -0.2) is 19.2 Å². The fourth-order valence-corrected chi connectivity index (χ4v) is 7.42. The third-order valence-electron chi connectivity index (χ3n) is 8.31. The van der Waals surface area contributed by atoms with E-state index in [1.165, 1.54) is 28.7 Å². The van der Waals surface area contributed by atoms with Crippen molar-refractivity contribution in [3.05, 3.63) is 76.0 Å². The molecular formula is C39H46FN9O4S2. The molecule has 4 N–H and O–H groups in total. The molecule has 2 aromatic carbocycles. The lowest BCUT2D eigenvalue weighted by Crippen LogP contribution is -2.34. The molecule has 0 aliphatic carbocycles. The summed E-state index contributed by atoms with van der Waals surface area (Å²) in [4.78, 5) is 28.0. The number of carbonyl (C=O) groups is 1. The molecule has 1 unspecified atom stereocenters. The number of halogens is 1. The van der Waals surface area contributed by atoms with Crippen LogP contribution in [0.15, 0.2) is 36.4 Å². The van der Waals surface area contributed by atoms with E-state index < -0.39 is 17.9 Å². The quantitative estimate of drug-likeness (QED) is 0.0590. The summed E-state index contributed by atoms with van der Waals surface area (Å²) in [6.45, 7) is 5.19. The SMILES string of the molecule is CNCCN(C)CC(O)CCCN(c1cc(C)c(Nc2nc3ccc#cc3s2)nn1)c1nc(C(=O)O)c(CCCOc2ccc(C#CCN(C)C)cc2F)s1. The number of aromatic nitrogens is 4. The van der Waals surface area contributed by atoms with Crippen LogP contribution in [0.5, 0.6) is 5.75 Å². The maximum atomic E-state index is 14.7. The van der Waals surface area contributed by atoms with Gasteiger partial charge in [0.15, 0.2) is 39.2 Å². The number of benzene rings is 1. The average molecular weight is 788 g/mol. The third-order valence-corrected chi connectivity index (χ3v) is 10.3. The van der Waals surface area contributed by atoms with E-state index in [9.17, 15) is 19.4 Å². The molecule has 0 saturated heterocycles. The fraction of sp³-hybridized carbons (Fsp3) is 0.410. The van der Waals surface area contributed by atoms with Gasteiger partial charge in [-0.3, -0.25) is 4.90 Å². The number of carboxylic acid groups (broad SMARTS) is 1. The molecule has 0 bridgehead atoms.